The summed E-state index contributed by atoms with van der Waals surface area (Å²) in [6, 6.07) is 9.46. The van der Waals surface area contributed by atoms with E-state index in [-0.39, 0.29) is 36.2 Å². The molecule has 2 amide bonds. The van der Waals surface area contributed by atoms with Crippen LogP contribution < -0.4 is 4.74 Å². The fourth-order valence-corrected chi connectivity index (χ4v) is 6.90. The SMILES string of the molecule is CCCN1C(=O)[C@@H]2[C@@H](CC(CO)=C3[C@@H](CC/C(=C/c4cc(I)c(O)c(OC)c4)c4ccccn4)OC[C@@H]32)C1=O. The van der Waals surface area contributed by atoms with E-state index in [1.165, 1.54) is 12.0 Å². The van der Waals surface area contributed by atoms with Gasteiger partial charge in [0.25, 0.3) is 0 Å². The molecule has 1 aliphatic carbocycles. The molecule has 5 rings (SSSR count). The minimum Gasteiger partial charge on any atom is -0.504 e. The number of aromatic hydroxyl groups is 1. The number of aromatic nitrogens is 1. The van der Waals surface area contributed by atoms with Crippen LogP contribution in [-0.2, 0) is 14.3 Å². The number of hydrogen-bond donors (Lipinski definition) is 2. The lowest BCUT2D eigenvalue weighted by Crippen LogP contribution is -2.35. The van der Waals surface area contributed by atoms with Gasteiger partial charge in [-0.05, 0) is 101 Å². The van der Waals surface area contributed by atoms with Crippen LogP contribution in [0.2, 0.25) is 0 Å². The van der Waals surface area contributed by atoms with Crippen LogP contribution >= 0.6 is 22.6 Å². The first-order valence-corrected chi connectivity index (χ1v) is 14.4. The number of allylic oxidation sites excluding steroid dienone is 1. The van der Waals surface area contributed by atoms with Crippen molar-refractivity contribution < 1.29 is 29.3 Å². The zero-order chi connectivity index (χ0) is 27.7. The molecule has 2 N–H and O–H groups in total. The van der Waals surface area contributed by atoms with Gasteiger partial charge in [0.1, 0.15) is 0 Å². The molecule has 4 atom stereocenters. The van der Waals surface area contributed by atoms with Gasteiger partial charge in [-0.1, -0.05) is 13.0 Å². The van der Waals surface area contributed by atoms with Crippen molar-refractivity contribution in [3.8, 4) is 11.5 Å². The molecule has 0 unspecified atom stereocenters. The van der Waals surface area contributed by atoms with Crippen molar-refractivity contribution in [1.29, 1.82) is 0 Å². The maximum absolute atomic E-state index is 13.3. The van der Waals surface area contributed by atoms with E-state index in [1.807, 2.05) is 37.3 Å². The third-order valence-corrected chi connectivity index (χ3v) is 8.84. The van der Waals surface area contributed by atoms with Crippen LogP contribution in [0.5, 0.6) is 11.5 Å². The number of likely N-dealkylation sites (tertiary alicyclic amines) is 1. The van der Waals surface area contributed by atoms with Gasteiger partial charge in [0, 0.05) is 18.7 Å². The first-order valence-electron chi connectivity index (χ1n) is 13.4. The van der Waals surface area contributed by atoms with E-state index in [9.17, 15) is 19.8 Å². The van der Waals surface area contributed by atoms with Crippen LogP contribution in [0, 0.1) is 21.3 Å². The van der Waals surface area contributed by atoms with Gasteiger partial charge in [0.05, 0.1) is 47.5 Å². The molecule has 2 fully saturated rings. The minimum absolute atomic E-state index is 0.0967. The van der Waals surface area contributed by atoms with Gasteiger partial charge in [-0.15, -0.1) is 0 Å². The number of amides is 2. The Morgan fingerprint density at radius 3 is 2.77 bits per heavy atom. The first-order chi connectivity index (χ1) is 18.9. The number of carbonyl (C=O) groups excluding carboxylic acids is 2. The monoisotopic (exact) mass is 644 g/mol. The second-order valence-corrected chi connectivity index (χ2v) is 11.4. The highest BCUT2D eigenvalue weighted by molar-refractivity contribution is 14.1. The van der Waals surface area contributed by atoms with Gasteiger partial charge in [-0.3, -0.25) is 19.5 Å². The van der Waals surface area contributed by atoms with Crippen molar-refractivity contribution in [2.45, 2.75) is 38.7 Å². The summed E-state index contributed by atoms with van der Waals surface area (Å²) in [6.45, 7) is 2.63. The minimum atomic E-state index is -0.406. The number of fused-ring (bicyclic) bond motifs is 3. The zero-order valence-corrected chi connectivity index (χ0v) is 24.3. The van der Waals surface area contributed by atoms with Crippen molar-refractivity contribution in [2.24, 2.45) is 17.8 Å². The molecule has 0 radical (unpaired) electrons. The normalized spacial score (nSPS) is 24.8. The number of nitrogens with zero attached hydrogens (tertiary/aromatic N) is 2. The maximum Gasteiger partial charge on any atom is 0.233 e. The molecule has 2 aliphatic heterocycles. The summed E-state index contributed by atoms with van der Waals surface area (Å²) in [7, 11) is 1.53. The van der Waals surface area contributed by atoms with E-state index in [0.29, 0.717) is 41.7 Å². The van der Waals surface area contributed by atoms with Crippen LogP contribution in [0.25, 0.3) is 11.6 Å². The summed E-state index contributed by atoms with van der Waals surface area (Å²) >= 11 is 2.08. The lowest BCUT2D eigenvalue weighted by Gasteiger charge is -2.31. The number of aliphatic hydroxyl groups excluding tert-OH is 1. The third kappa shape index (κ3) is 5.24. The van der Waals surface area contributed by atoms with Crippen LogP contribution in [0.4, 0.5) is 0 Å². The van der Waals surface area contributed by atoms with Crippen LogP contribution in [0.15, 0.2) is 47.7 Å². The smallest absolute Gasteiger partial charge is 0.233 e. The van der Waals surface area contributed by atoms with Crippen molar-refractivity contribution in [3.63, 3.8) is 0 Å². The maximum atomic E-state index is 13.3. The second kappa shape index (κ2) is 11.8. The predicted molar refractivity (Wildman–Crippen MR) is 155 cm³/mol. The highest BCUT2D eigenvalue weighted by Gasteiger charge is 2.56. The lowest BCUT2D eigenvalue weighted by atomic mass is 9.69. The Morgan fingerprint density at radius 1 is 1.26 bits per heavy atom. The van der Waals surface area contributed by atoms with Crippen molar-refractivity contribution in [1.82, 2.24) is 9.88 Å². The average Bonchev–Trinajstić information content (AvgIpc) is 3.47. The number of halogens is 1. The Morgan fingerprint density at radius 2 is 2.08 bits per heavy atom. The fraction of sp³-hybridized carbons (Fsp3) is 0.433. The Bertz CT molecular complexity index is 1320. The Kier molecular flexibility index (Phi) is 8.39. The molecule has 0 bridgehead atoms. The number of carbonyl (C=O) groups is 2. The fourth-order valence-electron chi connectivity index (χ4n) is 6.28. The van der Waals surface area contributed by atoms with Gasteiger partial charge in [-0.2, -0.15) is 0 Å². The molecule has 2 saturated heterocycles. The van der Waals surface area contributed by atoms with E-state index >= 15 is 0 Å². The van der Waals surface area contributed by atoms with E-state index < -0.39 is 11.8 Å². The first kappa shape index (κ1) is 27.8. The molecule has 1 aromatic heterocycles. The average molecular weight is 645 g/mol. The lowest BCUT2D eigenvalue weighted by molar-refractivity contribution is -0.140. The summed E-state index contributed by atoms with van der Waals surface area (Å²) in [4.78, 5) is 32.3. The topological polar surface area (TPSA) is 109 Å². The van der Waals surface area contributed by atoms with Crippen LogP contribution in [-0.4, -0.2) is 64.9 Å². The number of benzene rings is 1. The molecule has 8 nitrogen and oxygen atoms in total. The Labute approximate surface area is 241 Å². The molecule has 3 heterocycles. The summed E-state index contributed by atoms with van der Waals surface area (Å²) in [5.41, 5.74) is 4.54. The molecule has 0 spiro atoms. The third-order valence-electron chi connectivity index (χ3n) is 8.02. The van der Waals surface area contributed by atoms with E-state index in [0.717, 1.165) is 34.4 Å². The van der Waals surface area contributed by atoms with Gasteiger partial charge >= 0.3 is 0 Å². The number of aliphatic hydroxyl groups is 1. The number of methoxy groups -OCH3 is 1. The van der Waals surface area contributed by atoms with E-state index in [1.54, 1.807) is 12.3 Å². The Balaban J connectivity index is 1.42. The molecule has 3 aliphatic rings. The van der Waals surface area contributed by atoms with Crippen molar-refractivity contribution in [3.05, 3.63) is 62.5 Å². The molecular formula is C30H33IN2O6. The van der Waals surface area contributed by atoms with Gasteiger partial charge < -0.3 is 19.7 Å². The summed E-state index contributed by atoms with van der Waals surface area (Å²) < 4.78 is 12.3. The second-order valence-electron chi connectivity index (χ2n) is 10.3. The predicted octanol–water partition coefficient (Wildman–Crippen LogP) is 4.44. The molecule has 9 heteroatoms. The van der Waals surface area contributed by atoms with Gasteiger partial charge in [-0.25, -0.2) is 0 Å². The molecule has 2 aromatic rings. The summed E-state index contributed by atoms with van der Waals surface area (Å²) in [5.74, 6) is -0.691. The van der Waals surface area contributed by atoms with Crippen LogP contribution in [0.1, 0.15) is 43.9 Å². The van der Waals surface area contributed by atoms with Crippen molar-refractivity contribution >= 4 is 46.1 Å². The van der Waals surface area contributed by atoms with Crippen molar-refractivity contribution in [2.75, 3.05) is 26.9 Å². The number of pyridine rings is 1. The number of phenols is 1. The number of ether oxygens (including phenoxy) is 2. The van der Waals surface area contributed by atoms with Crippen LogP contribution in [0.3, 0.4) is 0 Å². The van der Waals surface area contributed by atoms with E-state index in [4.69, 9.17) is 9.47 Å². The number of imide groups is 1. The molecule has 1 aromatic carbocycles. The number of rotatable bonds is 9. The summed E-state index contributed by atoms with van der Waals surface area (Å²) in [6.07, 6.45) is 5.96. The van der Waals surface area contributed by atoms with Gasteiger partial charge in [0.2, 0.25) is 11.8 Å². The number of hydrogen-bond acceptors (Lipinski definition) is 7. The molecule has 39 heavy (non-hydrogen) atoms. The van der Waals surface area contributed by atoms with Gasteiger partial charge in [0.15, 0.2) is 11.5 Å². The summed E-state index contributed by atoms with van der Waals surface area (Å²) in [5, 5.41) is 20.5. The van der Waals surface area contributed by atoms with E-state index in [2.05, 4.69) is 27.6 Å². The molecular weight excluding hydrogens is 611 g/mol. The molecule has 0 saturated carbocycles. The quantitative estimate of drug-likeness (QED) is 0.236. The highest BCUT2D eigenvalue weighted by Crippen LogP contribution is 2.50. The largest absolute Gasteiger partial charge is 0.504 e. The Hall–Kier alpha value is -2.76. The number of phenolic OH excluding ortho intramolecular Hbond substituents is 1. The zero-order valence-electron chi connectivity index (χ0n) is 22.1. The molecule has 206 valence electrons. The highest BCUT2D eigenvalue weighted by atomic mass is 127. The standard InChI is InChI=1S/C30H33IN2O6/c1-3-10-33-29(36)20-14-19(15-34)26-21(27(20)30(33)37)16-39-24(26)8-7-18(23-6-4-5-9-32-23)11-17-12-22(31)28(35)25(13-17)38-2/h4-6,9,11-13,20-21,24,27,34-35H,3,7-8,10,14-16H2,1-2H3/b18-11-/t20-,21+,24-,27-/m1/s1.